The molecule has 0 bridgehead atoms. The van der Waals surface area contributed by atoms with Crippen molar-refractivity contribution in [3.8, 4) is 11.8 Å². The van der Waals surface area contributed by atoms with Gasteiger partial charge in [-0.25, -0.2) is 5.43 Å². The fourth-order valence-corrected chi connectivity index (χ4v) is 2.69. The number of rotatable bonds is 7. The Morgan fingerprint density at radius 3 is 2.41 bits per heavy atom. The van der Waals surface area contributed by atoms with Crippen molar-refractivity contribution in [2.45, 2.75) is 12.5 Å². The monoisotopic (exact) mass is 403 g/mol. The summed E-state index contributed by atoms with van der Waals surface area (Å²) in [7, 11) is 0. The van der Waals surface area contributed by atoms with Gasteiger partial charge in [0.15, 0.2) is 5.92 Å². The van der Waals surface area contributed by atoms with Gasteiger partial charge in [-0.3, -0.25) is 4.79 Å². The van der Waals surface area contributed by atoms with Gasteiger partial charge in [0.2, 0.25) is 0 Å². The second-order valence-electron chi connectivity index (χ2n) is 6.19. The lowest BCUT2D eigenvalue weighted by Gasteiger charge is -2.07. The van der Waals surface area contributed by atoms with E-state index in [2.05, 4.69) is 10.5 Å². The van der Waals surface area contributed by atoms with Crippen molar-refractivity contribution in [1.82, 2.24) is 5.43 Å². The van der Waals surface area contributed by atoms with Crippen LogP contribution in [0.2, 0.25) is 5.02 Å². The molecule has 0 aliphatic carbocycles. The molecule has 0 aliphatic heterocycles. The first-order chi connectivity index (χ1) is 14.2. The molecule has 0 radical (unpaired) electrons. The SMILES string of the molecule is N#C[C@@H](C(=O)N/N=C\c1ccc(OCc2ccc(Cl)cc2)cc1)c1ccccc1. The van der Waals surface area contributed by atoms with E-state index in [1.807, 2.05) is 60.7 Å². The minimum Gasteiger partial charge on any atom is -0.489 e. The molecule has 144 valence electrons. The van der Waals surface area contributed by atoms with Crippen molar-refractivity contribution in [3.63, 3.8) is 0 Å². The number of carbonyl (C=O) groups is 1. The molecule has 0 saturated heterocycles. The normalized spacial score (nSPS) is 11.6. The molecule has 0 unspecified atom stereocenters. The van der Waals surface area contributed by atoms with E-state index in [-0.39, 0.29) is 0 Å². The molecule has 0 saturated carbocycles. The highest BCUT2D eigenvalue weighted by Gasteiger charge is 2.19. The summed E-state index contributed by atoms with van der Waals surface area (Å²) in [6.45, 7) is 0.440. The van der Waals surface area contributed by atoms with E-state index in [1.54, 1.807) is 24.3 Å². The highest BCUT2D eigenvalue weighted by atomic mass is 35.5. The van der Waals surface area contributed by atoms with Crippen LogP contribution in [0.25, 0.3) is 0 Å². The van der Waals surface area contributed by atoms with Crippen molar-refractivity contribution in [2.75, 3.05) is 0 Å². The number of ether oxygens (including phenoxy) is 1. The molecular formula is C23H18ClN3O2. The second-order valence-corrected chi connectivity index (χ2v) is 6.63. The predicted molar refractivity (Wildman–Crippen MR) is 113 cm³/mol. The van der Waals surface area contributed by atoms with E-state index in [0.29, 0.717) is 17.2 Å². The zero-order chi connectivity index (χ0) is 20.5. The molecule has 5 nitrogen and oxygen atoms in total. The van der Waals surface area contributed by atoms with Crippen LogP contribution in [-0.4, -0.2) is 12.1 Å². The number of nitrogens with one attached hydrogen (secondary N) is 1. The van der Waals surface area contributed by atoms with E-state index in [9.17, 15) is 10.1 Å². The molecule has 0 fully saturated rings. The summed E-state index contributed by atoms with van der Waals surface area (Å²) in [5.41, 5.74) is 4.85. The summed E-state index contributed by atoms with van der Waals surface area (Å²) in [4.78, 5) is 12.2. The van der Waals surface area contributed by atoms with E-state index in [0.717, 1.165) is 16.9 Å². The first-order valence-corrected chi connectivity index (χ1v) is 9.28. The molecule has 3 rings (SSSR count). The molecule has 29 heavy (non-hydrogen) atoms. The van der Waals surface area contributed by atoms with Crippen LogP contribution < -0.4 is 10.2 Å². The smallest absolute Gasteiger partial charge is 0.261 e. The van der Waals surface area contributed by atoms with E-state index in [1.165, 1.54) is 6.21 Å². The molecular weight excluding hydrogens is 386 g/mol. The zero-order valence-electron chi connectivity index (χ0n) is 15.5. The van der Waals surface area contributed by atoms with Crippen molar-refractivity contribution in [1.29, 1.82) is 5.26 Å². The molecule has 1 N–H and O–H groups in total. The Bertz CT molecular complexity index is 1010. The van der Waals surface area contributed by atoms with Crippen LogP contribution in [0.1, 0.15) is 22.6 Å². The number of benzene rings is 3. The number of nitriles is 1. The van der Waals surface area contributed by atoms with Crippen LogP contribution in [0.3, 0.4) is 0 Å². The average Bonchev–Trinajstić information content (AvgIpc) is 2.75. The van der Waals surface area contributed by atoms with Crippen molar-refractivity contribution in [2.24, 2.45) is 5.10 Å². The summed E-state index contributed by atoms with van der Waals surface area (Å²) in [6, 6.07) is 25.6. The minimum atomic E-state index is -0.906. The van der Waals surface area contributed by atoms with Gasteiger partial charge in [-0.15, -0.1) is 0 Å². The van der Waals surface area contributed by atoms with Crippen LogP contribution in [0.4, 0.5) is 0 Å². The summed E-state index contributed by atoms with van der Waals surface area (Å²) in [6.07, 6.45) is 1.51. The maximum Gasteiger partial charge on any atom is 0.261 e. The van der Waals surface area contributed by atoms with Crippen LogP contribution in [0.5, 0.6) is 5.75 Å². The van der Waals surface area contributed by atoms with Crippen molar-refractivity contribution < 1.29 is 9.53 Å². The van der Waals surface area contributed by atoms with E-state index < -0.39 is 11.8 Å². The van der Waals surface area contributed by atoms with E-state index in [4.69, 9.17) is 16.3 Å². The number of carbonyl (C=O) groups excluding carboxylic acids is 1. The van der Waals surface area contributed by atoms with Gasteiger partial charge in [0.05, 0.1) is 12.3 Å². The van der Waals surface area contributed by atoms with Gasteiger partial charge in [-0.2, -0.15) is 10.4 Å². The number of hydrogen-bond donors (Lipinski definition) is 1. The van der Waals surface area contributed by atoms with Crippen molar-refractivity contribution in [3.05, 3.63) is 101 Å². The lowest BCUT2D eigenvalue weighted by molar-refractivity contribution is -0.121. The van der Waals surface area contributed by atoms with E-state index >= 15 is 0 Å². The topological polar surface area (TPSA) is 74.5 Å². The molecule has 1 amide bonds. The minimum absolute atomic E-state index is 0.440. The maximum atomic E-state index is 12.2. The summed E-state index contributed by atoms with van der Waals surface area (Å²) in [5, 5.41) is 13.9. The number of hydrogen-bond acceptors (Lipinski definition) is 4. The highest BCUT2D eigenvalue weighted by Crippen LogP contribution is 2.16. The predicted octanol–water partition coefficient (Wildman–Crippen LogP) is 4.68. The third-order valence-corrected chi connectivity index (χ3v) is 4.36. The van der Waals surface area contributed by atoms with Gasteiger partial charge in [0.25, 0.3) is 5.91 Å². The Balaban J connectivity index is 1.52. The number of hydrazone groups is 1. The largest absolute Gasteiger partial charge is 0.489 e. The first-order valence-electron chi connectivity index (χ1n) is 8.90. The molecule has 0 aromatic heterocycles. The molecule has 6 heteroatoms. The lowest BCUT2D eigenvalue weighted by Crippen LogP contribution is -2.24. The summed E-state index contributed by atoms with van der Waals surface area (Å²) >= 11 is 5.87. The molecule has 3 aromatic rings. The quantitative estimate of drug-likeness (QED) is 0.460. The standard InChI is InChI=1S/C23H18ClN3O2/c24-20-10-6-18(7-11-20)16-29-21-12-8-17(9-13-21)15-26-27-23(28)22(14-25)19-4-2-1-3-5-19/h1-13,15,22H,16H2,(H,27,28)/b26-15-/t22-/m1/s1. The maximum absolute atomic E-state index is 12.2. The van der Waals surface area contributed by atoms with Gasteiger partial charge in [0.1, 0.15) is 12.4 Å². The first kappa shape index (κ1) is 20.1. The molecule has 1 atom stereocenters. The Morgan fingerprint density at radius 2 is 1.76 bits per heavy atom. The van der Waals surface area contributed by atoms with Gasteiger partial charge >= 0.3 is 0 Å². The fraction of sp³-hybridized carbons (Fsp3) is 0.0870. The summed E-state index contributed by atoms with van der Waals surface area (Å²) in [5.74, 6) is -0.662. The highest BCUT2D eigenvalue weighted by molar-refractivity contribution is 6.30. The van der Waals surface area contributed by atoms with Gasteiger partial charge < -0.3 is 4.74 Å². The van der Waals surface area contributed by atoms with Gasteiger partial charge in [-0.1, -0.05) is 54.1 Å². The average molecular weight is 404 g/mol. The Labute approximate surface area is 174 Å². The second kappa shape index (κ2) is 10.1. The van der Waals surface area contributed by atoms with Gasteiger partial charge in [-0.05, 0) is 53.1 Å². The number of nitrogens with zero attached hydrogens (tertiary/aromatic N) is 2. The van der Waals surface area contributed by atoms with Crippen LogP contribution in [0, 0.1) is 11.3 Å². The Morgan fingerprint density at radius 1 is 1.07 bits per heavy atom. The molecule has 0 spiro atoms. The van der Waals surface area contributed by atoms with Crippen LogP contribution in [-0.2, 0) is 11.4 Å². The summed E-state index contributed by atoms with van der Waals surface area (Å²) < 4.78 is 5.73. The molecule has 0 heterocycles. The lowest BCUT2D eigenvalue weighted by atomic mass is 10.0. The number of halogens is 1. The third-order valence-electron chi connectivity index (χ3n) is 4.11. The zero-order valence-corrected chi connectivity index (χ0v) is 16.2. The van der Waals surface area contributed by atoms with Crippen molar-refractivity contribution >= 4 is 23.7 Å². The fourth-order valence-electron chi connectivity index (χ4n) is 2.56. The Hall–Kier alpha value is -3.62. The Kier molecular flexibility index (Phi) is 6.99. The molecule has 0 aliphatic rings. The van der Waals surface area contributed by atoms with Gasteiger partial charge in [0, 0.05) is 5.02 Å². The number of amides is 1. The van der Waals surface area contributed by atoms with Crippen LogP contribution in [0.15, 0.2) is 84.0 Å². The molecule has 3 aromatic carbocycles. The van der Waals surface area contributed by atoms with Crippen LogP contribution >= 0.6 is 11.6 Å². The third kappa shape index (κ3) is 5.93.